The first-order valence-electron chi connectivity index (χ1n) is 25.6. The maximum atomic E-state index is 4.08. The topological polar surface area (TPSA) is 103 Å². The molecule has 0 amide bonds. The summed E-state index contributed by atoms with van der Waals surface area (Å²) in [5.74, 6) is 0. The van der Waals surface area contributed by atoms with Crippen molar-refractivity contribution in [3.05, 3.63) is 201 Å². The van der Waals surface area contributed by atoms with Gasteiger partial charge in [0.15, 0.2) is 0 Å². The SMILES string of the molecule is CC.CC.CC.CC.CC.CC.CC.Cc1ccccc1C.Cc1cccnc1C.Cc1cccnc1C.Cc1ccncc1C.Cc1ccncc1C.Cc1ccnnc1C.Cc1cncnc1C. The van der Waals surface area contributed by atoms with Crippen LogP contribution in [0.15, 0.2) is 123 Å². The summed E-state index contributed by atoms with van der Waals surface area (Å²) in [5.41, 5.74) is 17.0. The second-order valence-electron chi connectivity index (χ2n) is 13.4. The Hall–Kier alpha value is -6.02. The van der Waals surface area contributed by atoms with Gasteiger partial charge < -0.3 is 0 Å². The van der Waals surface area contributed by atoms with Crippen molar-refractivity contribution in [2.24, 2.45) is 0 Å². The highest BCUT2D eigenvalue weighted by atomic mass is 15.1. The fourth-order valence-electron chi connectivity index (χ4n) is 3.80. The first-order valence-corrected chi connectivity index (χ1v) is 25.6. The molecule has 8 nitrogen and oxygen atoms in total. The summed E-state index contributed by atoms with van der Waals surface area (Å²) in [4.78, 5) is 23.8. The summed E-state index contributed by atoms with van der Waals surface area (Å²) in [5, 5.41) is 7.52. The summed E-state index contributed by atoms with van der Waals surface area (Å²) >= 11 is 0. The van der Waals surface area contributed by atoms with E-state index in [2.05, 4.69) is 132 Å². The molecule has 0 N–H and O–H groups in total. The van der Waals surface area contributed by atoms with Gasteiger partial charge in [-0.3, -0.25) is 19.9 Å². The minimum atomic E-state index is 1.01. The molecule has 7 aromatic rings. The molecule has 0 fully saturated rings. The molecule has 0 radical (unpaired) electrons. The van der Waals surface area contributed by atoms with Crippen LogP contribution in [0, 0.1) is 96.9 Å². The fourth-order valence-corrected chi connectivity index (χ4v) is 3.80. The lowest BCUT2D eigenvalue weighted by molar-refractivity contribution is 0.961. The van der Waals surface area contributed by atoms with Gasteiger partial charge in [-0.15, -0.1) is 0 Å². The Balaban J connectivity index is -0.000000127. The standard InChI is InChI=1S/C8H10.4C7H9N.2C6H8N2.7C2H6/c1-7-5-3-4-6-8(7)2;2*1-6-3-4-8-5-7(6)2;2*1-6-4-3-5-8-7(6)2;1-5-3-7-4-8-6(5)2;1-5-3-4-7-8-6(5)2;7*1-2/h3-6H,1-2H3;4*3-5H,1-2H3;2*3-4H,1-2H3;7*1-2H3. The first-order chi connectivity index (χ1) is 33.6. The molecule has 0 aliphatic heterocycles. The second kappa shape index (κ2) is 59.1. The van der Waals surface area contributed by atoms with Crippen LogP contribution in [0.25, 0.3) is 0 Å². The van der Waals surface area contributed by atoms with Crippen molar-refractivity contribution in [1.29, 1.82) is 0 Å². The van der Waals surface area contributed by atoms with Crippen molar-refractivity contribution >= 4 is 0 Å². The lowest BCUT2D eigenvalue weighted by Crippen LogP contribution is -1.86. The van der Waals surface area contributed by atoms with Crippen LogP contribution in [0.4, 0.5) is 0 Å². The molecule has 0 saturated heterocycles. The zero-order valence-electron chi connectivity index (χ0n) is 50.1. The van der Waals surface area contributed by atoms with Crippen molar-refractivity contribution in [3.63, 3.8) is 0 Å². The third-order valence-corrected chi connectivity index (χ3v) is 8.90. The normalized spacial score (nSPS) is 8.00. The fraction of sp³-hybridized carbons (Fsp3) is 0.452. The van der Waals surface area contributed by atoms with E-state index in [-0.39, 0.29) is 0 Å². The van der Waals surface area contributed by atoms with Gasteiger partial charge >= 0.3 is 0 Å². The summed E-state index contributed by atoms with van der Waals surface area (Å²) in [6.07, 6.45) is 16.0. The van der Waals surface area contributed by atoms with E-state index in [0.29, 0.717) is 0 Å². The predicted molar refractivity (Wildman–Crippen MR) is 313 cm³/mol. The summed E-state index contributed by atoms with van der Waals surface area (Å²) in [7, 11) is 0. The monoisotopic (exact) mass is 961 g/mol. The van der Waals surface area contributed by atoms with Crippen molar-refractivity contribution in [2.75, 3.05) is 0 Å². The van der Waals surface area contributed by atoms with Crippen molar-refractivity contribution in [3.8, 4) is 0 Å². The Labute approximate surface area is 433 Å². The second-order valence-corrected chi connectivity index (χ2v) is 13.4. The molecule has 0 aliphatic rings. The Kier molecular flexibility index (Phi) is 66.0. The number of benzene rings is 1. The maximum Gasteiger partial charge on any atom is 0.115 e. The molecule has 6 heterocycles. The molecule has 0 unspecified atom stereocenters. The predicted octanol–water partition coefficient (Wildman–Crippen LogP) is 18.5. The van der Waals surface area contributed by atoms with Crippen LogP contribution in [0.1, 0.15) is 175 Å². The van der Waals surface area contributed by atoms with E-state index >= 15 is 0 Å². The highest BCUT2D eigenvalue weighted by Gasteiger charge is 1.90. The minimum absolute atomic E-state index is 1.01. The van der Waals surface area contributed by atoms with Gasteiger partial charge in [0.1, 0.15) is 6.33 Å². The van der Waals surface area contributed by atoms with E-state index in [1.54, 1.807) is 12.5 Å². The highest BCUT2D eigenvalue weighted by Crippen LogP contribution is 2.04. The largest absolute Gasteiger partial charge is 0.264 e. The molecule has 0 atom stereocenters. The molecular weight excluding hydrogens is 857 g/mol. The molecule has 70 heavy (non-hydrogen) atoms. The number of aromatic nitrogens is 8. The van der Waals surface area contributed by atoms with E-state index in [1.165, 1.54) is 50.1 Å². The Morgan fingerprint density at radius 3 is 0.743 bits per heavy atom. The third kappa shape index (κ3) is 45.7. The van der Waals surface area contributed by atoms with Gasteiger partial charge in [0.25, 0.3) is 0 Å². The van der Waals surface area contributed by atoms with Gasteiger partial charge in [0, 0.05) is 66.7 Å². The molecule has 1 aromatic carbocycles. The molecule has 6 aromatic heterocycles. The van der Waals surface area contributed by atoms with Crippen LogP contribution >= 0.6 is 0 Å². The van der Waals surface area contributed by atoms with E-state index < -0.39 is 0 Å². The van der Waals surface area contributed by atoms with Crippen LogP contribution in [0.5, 0.6) is 0 Å². The lowest BCUT2D eigenvalue weighted by Gasteiger charge is -1.93. The zero-order chi connectivity index (χ0) is 55.9. The minimum Gasteiger partial charge on any atom is -0.264 e. The molecule has 0 saturated carbocycles. The Bertz CT molecular complexity index is 1560. The van der Waals surface area contributed by atoms with E-state index in [1.807, 2.05) is 212 Å². The summed E-state index contributed by atoms with van der Waals surface area (Å²) < 4.78 is 0. The van der Waals surface area contributed by atoms with Gasteiger partial charge in [0.2, 0.25) is 0 Å². The smallest absolute Gasteiger partial charge is 0.115 e. The molecular formula is C62H104N8. The molecule has 7 rings (SSSR count). The van der Waals surface area contributed by atoms with Gasteiger partial charge in [-0.05, 0) is 183 Å². The average Bonchev–Trinajstić information content (AvgIpc) is 3.41. The number of hydrogen-bond donors (Lipinski definition) is 0. The van der Waals surface area contributed by atoms with E-state index in [9.17, 15) is 0 Å². The van der Waals surface area contributed by atoms with Crippen molar-refractivity contribution in [2.45, 2.75) is 194 Å². The Morgan fingerprint density at radius 2 is 0.543 bits per heavy atom. The van der Waals surface area contributed by atoms with Crippen LogP contribution in [0.3, 0.4) is 0 Å². The highest BCUT2D eigenvalue weighted by molar-refractivity contribution is 5.23. The number of pyridine rings is 4. The van der Waals surface area contributed by atoms with Gasteiger partial charge in [-0.25, -0.2) is 9.97 Å². The molecule has 0 aliphatic carbocycles. The maximum absolute atomic E-state index is 4.08. The number of nitrogens with zero attached hydrogens (tertiary/aromatic N) is 8. The van der Waals surface area contributed by atoms with Crippen LogP contribution < -0.4 is 0 Å². The number of rotatable bonds is 0. The van der Waals surface area contributed by atoms with E-state index in [4.69, 9.17) is 0 Å². The number of hydrogen-bond acceptors (Lipinski definition) is 8. The van der Waals surface area contributed by atoms with E-state index in [0.717, 1.165) is 28.3 Å². The molecule has 0 spiro atoms. The lowest BCUT2D eigenvalue weighted by atomic mass is 10.1. The van der Waals surface area contributed by atoms with Crippen molar-refractivity contribution in [1.82, 2.24) is 40.1 Å². The number of aryl methyl sites for hydroxylation is 14. The third-order valence-electron chi connectivity index (χ3n) is 8.90. The van der Waals surface area contributed by atoms with Crippen molar-refractivity contribution < 1.29 is 0 Å². The molecule has 0 bridgehead atoms. The zero-order valence-corrected chi connectivity index (χ0v) is 50.1. The van der Waals surface area contributed by atoms with Gasteiger partial charge in [-0.1, -0.05) is 133 Å². The summed E-state index contributed by atoms with van der Waals surface area (Å²) in [6, 6.07) is 22.3. The molecule has 8 heteroatoms. The van der Waals surface area contributed by atoms with Crippen LogP contribution in [0.2, 0.25) is 0 Å². The van der Waals surface area contributed by atoms with Crippen LogP contribution in [-0.4, -0.2) is 40.1 Å². The average molecular weight is 962 g/mol. The molecule has 392 valence electrons. The quantitative estimate of drug-likeness (QED) is 0.148. The Morgan fingerprint density at radius 1 is 0.243 bits per heavy atom. The van der Waals surface area contributed by atoms with Crippen LogP contribution in [-0.2, 0) is 0 Å². The summed E-state index contributed by atoms with van der Waals surface area (Å²) in [6.45, 7) is 56.6. The van der Waals surface area contributed by atoms with Gasteiger partial charge in [-0.2, -0.15) is 10.2 Å². The first kappa shape index (κ1) is 78.2. The van der Waals surface area contributed by atoms with Gasteiger partial charge in [0.05, 0.1) is 5.69 Å².